The first-order valence-corrected chi connectivity index (χ1v) is 6.87. The van der Waals surface area contributed by atoms with Gasteiger partial charge in [0.25, 0.3) is 0 Å². The Balaban J connectivity index is 2.73. The highest BCUT2D eigenvalue weighted by atomic mass is 35.5. The second kappa shape index (κ2) is 5.36. The van der Waals surface area contributed by atoms with Crippen LogP contribution in [0.4, 0.5) is 0 Å². The van der Waals surface area contributed by atoms with Crippen LogP contribution in [0.25, 0.3) is 0 Å². The molecule has 1 aromatic rings. The third-order valence-corrected chi connectivity index (χ3v) is 4.42. The van der Waals surface area contributed by atoms with Crippen molar-refractivity contribution in [3.63, 3.8) is 0 Å². The van der Waals surface area contributed by atoms with Crippen LogP contribution in [0.3, 0.4) is 0 Å². The minimum Gasteiger partial charge on any atom is -0.496 e. The molecule has 1 aromatic carbocycles. The molecule has 0 atom stereocenters. The SMILES string of the molecule is COc1c(C)c(Cl)cc(C)c1C1(N=C=O)CCCC1. The van der Waals surface area contributed by atoms with Gasteiger partial charge in [-0.2, -0.15) is 4.99 Å². The number of hydrogen-bond acceptors (Lipinski definition) is 3. The Kier molecular flexibility index (Phi) is 3.98. The van der Waals surface area contributed by atoms with Crippen molar-refractivity contribution in [1.29, 1.82) is 0 Å². The second-order valence-electron chi connectivity index (χ2n) is 5.15. The first-order chi connectivity index (χ1) is 9.05. The van der Waals surface area contributed by atoms with E-state index in [0.717, 1.165) is 48.1 Å². The number of aliphatic imine (C=N–C) groups is 1. The summed E-state index contributed by atoms with van der Waals surface area (Å²) in [6.07, 6.45) is 5.60. The van der Waals surface area contributed by atoms with Crippen LogP contribution in [-0.4, -0.2) is 13.2 Å². The fourth-order valence-electron chi connectivity index (χ4n) is 3.14. The summed E-state index contributed by atoms with van der Waals surface area (Å²) < 4.78 is 5.55. The van der Waals surface area contributed by atoms with Gasteiger partial charge in [-0.3, -0.25) is 0 Å². The molecule has 0 N–H and O–H groups in total. The molecule has 1 aliphatic carbocycles. The highest BCUT2D eigenvalue weighted by Crippen LogP contribution is 2.49. The minimum absolute atomic E-state index is 0.480. The van der Waals surface area contributed by atoms with Crippen molar-refractivity contribution in [3.05, 3.63) is 27.8 Å². The highest BCUT2D eigenvalue weighted by molar-refractivity contribution is 6.31. The third kappa shape index (κ3) is 2.29. The van der Waals surface area contributed by atoms with Gasteiger partial charge in [0, 0.05) is 16.1 Å². The monoisotopic (exact) mass is 279 g/mol. The number of nitrogens with zero attached hydrogens (tertiary/aromatic N) is 1. The van der Waals surface area contributed by atoms with Crippen LogP contribution in [0, 0.1) is 13.8 Å². The summed E-state index contributed by atoms with van der Waals surface area (Å²) in [7, 11) is 1.63. The number of hydrogen-bond donors (Lipinski definition) is 0. The molecule has 0 aliphatic heterocycles. The van der Waals surface area contributed by atoms with E-state index in [-0.39, 0.29) is 0 Å². The molecule has 4 heteroatoms. The topological polar surface area (TPSA) is 38.7 Å². The van der Waals surface area contributed by atoms with E-state index < -0.39 is 5.54 Å². The molecular weight excluding hydrogens is 262 g/mol. The number of ether oxygens (including phenoxy) is 1. The molecule has 0 aromatic heterocycles. The van der Waals surface area contributed by atoms with Crippen LogP contribution < -0.4 is 4.74 Å². The Morgan fingerprint density at radius 2 is 2.00 bits per heavy atom. The van der Waals surface area contributed by atoms with E-state index in [4.69, 9.17) is 16.3 Å². The molecule has 0 bridgehead atoms. The Hall–Kier alpha value is -1.31. The van der Waals surface area contributed by atoms with Crippen molar-refractivity contribution in [2.45, 2.75) is 45.1 Å². The number of benzene rings is 1. The lowest BCUT2D eigenvalue weighted by Gasteiger charge is -2.28. The number of halogens is 1. The predicted molar refractivity (Wildman–Crippen MR) is 75.7 cm³/mol. The van der Waals surface area contributed by atoms with Gasteiger partial charge < -0.3 is 4.74 Å². The molecule has 19 heavy (non-hydrogen) atoms. The van der Waals surface area contributed by atoms with Crippen molar-refractivity contribution >= 4 is 17.7 Å². The molecule has 3 nitrogen and oxygen atoms in total. The molecular formula is C15H18ClNO2. The molecule has 0 spiro atoms. The summed E-state index contributed by atoms with van der Waals surface area (Å²) in [5, 5.41) is 0.682. The summed E-state index contributed by atoms with van der Waals surface area (Å²) in [5.41, 5.74) is 2.44. The normalized spacial score (nSPS) is 17.1. The maximum absolute atomic E-state index is 10.8. The fraction of sp³-hybridized carbons (Fsp3) is 0.533. The van der Waals surface area contributed by atoms with E-state index >= 15 is 0 Å². The van der Waals surface area contributed by atoms with E-state index in [1.165, 1.54) is 0 Å². The largest absolute Gasteiger partial charge is 0.496 e. The number of aryl methyl sites for hydroxylation is 1. The lowest BCUT2D eigenvalue weighted by atomic mass is 9.84. The molecule has 0 radical (unpaired) electrons. The number of rotatable bonds is 3. The van der Waals surface area contributed by atoms with Crippen LogP contribution in [0.15, 0.2) is 11.1 Å². The average Bonchev–Trinajstić information content (AvgIpc) is 2.83. The maximum atomic E-state index is 10.8. The maximum Gasteiger partial charge on any atom is 0.235 e. The lowest BCUT2D eigenvalue weighted by molar-refractivity contribution is 0.375. The molecule has 0 unspecified atom stereocenters. The van der Waals surface area contributed by atoms with Crippen molar-refractivity contribution in [2.75, 3.05) is 7.11 Å². The van der Waals surface area contributed by atoms with E-state index in [0.29, 0.717) is 5.02 Å². The zero-order chi connectivity index (χ0) is 14.0. The zero-order valence-electron chi connectivity index (χ0n) is 11.5. The summed E-state index contributed by atoms with van der Waals surface area (Å²) in [4.78, 5) is 15.0. The molecule has 1 aliphatic rings. The lowest BCUT2D eigenvalue weighted by Crippen LogP contribution is -2.22. The van der Waals surface area contributed by atoms with Crippen LogP contribution in [0.1, 0.15) is 42.4 Å². The standard InChI is InChI=1S/C15H18ClNO2/c1-10-8-12(16)11(2)14(19-3)13(10)15(17-9-18)6-4-5-7-15/h8H,4-7H2,1-3H3. The Morgan fingerprint density at radius 1 is 1.37 bits per heavy atom. The van der Waals surface area contributed by atoms with Gasteiger partial charge in [-0.25, -0.2) is 4.79 Å². The first kappa shape index (κ1) is 14.1. The molecule has 0 heterocycles. The van der Waals surface area contributed by atoms with Gasteiger partial charge >= 0.3 is 0 Å². The van der Waals surface area contributed by atoms with Gasteiger partial charge in [-0.05, 0) is 38.3 Å². The molecule has 2 rings (SSSR count). The van der Waals surface area contributed by atoms with E-state index in [2.05, 4.69) is 4.99 Å². The zero-order valence-corrected chi connectivity index (χ0v) is 12.3. The van der Waals surface area contributed by atoms with Crippen LogP contribution in [-0.2, 0) is 10.3 Å². The Labute approximate surface area is 118 Å². The third-order valence-electron chi connectivity index (χ3n) is 4.02. The van der Waals surface area contributed by atoms with E-state index in [1.54, 1.807) is 13.2 Å². The average molecular weight is 280 g/mol. The molecule has 102 valence electrons. The quantitative estimate of drug-likeness (QED) is 0.618. The van der Waals surface area contributed by atoms with Crippen molar-refractivity contribution < 1.29 is 9.53 Å². The van der Waals surface area contributed by atoms with Gasteiger partial charge in [-0.1, -0.05) is 24.4 Å². The summed E-state index contributed by atoms with van der Waals surface area (Å²) in [5.74, 6) is 0.755. The summed E-state index contributed by atoms with van der Waals surface area (Å²) in [6, 6.07) is 1.93. The number of methoxy groups -OCH3 is 1. The Bertz CT molecular complexity index is 542. The second-order valence-corrected chi connectivity index (χ2v) is 5.56. The van der Waals surface area contributed by atoms with Gasteiger partial charge in [-0.15, -0.1) is 0 Å². The number of carbonyl (C=O) groups excluding carboxylic acids is 1. The Morgan fingerprint density at radius 3 is 2.53 bits per heavy atom. The van der Waals surface area contributed by atoms with Crippen LogP contribution in [0.5, 0.6) is 5.75 Å². The van der Waals surface area contributed by atoms with Crippen molar-refractivity contribution in [2.24, 2.45) is 4.99 Å². The summed E-state index contributed by atoms with van der Waals surface area (Å²) >= 11 is 6.21. The highest BCUT2D eigenvalue weighted by Gasteiger charge is 2.40. The van der Waals surface area contributed by atoms with Gasteiger partial charge in [0.15, 0.2) is 0 Å². The van der Waals surface area contributed by atoms with Crippen molar-refractivity contribution in [3.8, 4) is 5.75 Å². The summed E-state index contributed by atoms with van der Waals surface area (Å²) in [6.45, 7) is 3.92. The van der Waals surface area contributed by atoms with Gasteiger partial charge in [0.1, 0.15) is 11.3 Å². The molecule has 1 saturated carbocycles. The molecule has 1 fully saturated rings. The van der Waals surface area contributed by atoms with Gasteiger partial charge in [0.05, 0.1) is 7.11 Å². The van der Waals surface area contributed by atoms with Gasteiger partial charge in [0.2, 0.25) is 6.08 Å². The van der Waals surface area contributed by atoms with Crippen LogP contribution in [0.2, 0.25) is 5.02 Å². The van der Waals surface area contributed by atoms with E-state index in [9.17, 15) is 4.79 Å². The minimum atomic E-state index is -0.480. The van der Waals surface area contributed by atoms with Crippen LogP contribution >= 0.6 is 11.6 Å². The smallest absolute Gasteiger partial charge is 0.235 e. The van der Waals surface area contributed by atoms with E-state index in [1.807, 2.05) is 19.9 Å². The fourth-order valence-corrected chi connectivity index (χ4v) is 3.39. The number of isocyanates is 1. The molecule has 0 saturated heterocycles. The predicted octanol–water partition coefficient (Wildman–Crippen LogP) is 4.07. The molecule has 0 amide bonds. The van der Waals surface area contributed by atoms with Crippen molar-refractivity contribution in [1.82, 2.24) is 0 Å². The first-order valence-electron chi connectivity index (χ1n) is 6.49.